The van der Waals surface area contributed by atoms with Gasteiger partial charge in [0.05, 0.1) is 21.7 Å². The molecule has 1 aromatic carbocycles. The summed E-state index contributed by atoms with van der Waals surface area (Å²) in [5, 5.41) is 0.681. The van der Waals surface area contributed by atoms with Crippen molar-refractivity contribution in [1.82, 2.24) is 10.0 Å². The number of amides is 2. The van der Waals surface area contributed by atoms with Crippen LogP contribution in [0.15, 0.2) is 42.7 Å². The lowest BCUT2D eigenvalue weighted by Crippen LogP contribution is -2.32. The molecule has 0 bridgehead atoms. The van der Waals surface area contributed by atoms with E-state index >= 15 is 0 Å². The summed E-state index contributed by atoms with van der Waals surface area (Å²) in [6.45, 7) is 0. The van der Waals surface area contributed by atoms with Crippen molar-refractivity contribution >= 4 is 29.4 Å². The van der Waals surface area contributed by atoms with Crippen molar-refractivity contribution in [2.45, 2.75) is 0 Å². The van der Waals surface area contributed by atoms with E-state index in [0.29, 0.717) is 5.06 Å². The number of pyridine rings is 1. The fourth-order valence-corrected chi connectivity index (χ4v) is 2.08. The summed E-state index contributed by atoms with van der Waals surface area (Å²) < 4.78 is 0. The Balaban J connectivity index is 1.85. The van der Waals surface area contributed by atoms with Crippen molar-refractivity contribution < 1.29 is 19.2 Å². The molecule has 0 saturated heterocycles. The topological polar surface area (TPSA) is 76.6 Å². The first-order valence-corrected chi connectivity index (χ1v) is 6.26. The molecule has 104 valence electrons. The Labute approximate surface area is 123 Å². The molecule has 0 unspecified atom stereocenters. The number of fused-ring (bicyclic) bond motifs is 1. The van der Waals surface area contributed by atoms with Gasteiger partial charge in [-0.1, -0.05) is 28.8 Å². The number of imide groups is 1. The molecule has 2 amide bonds. The molecule has 7 heteroatoms. The van der Waals surface area contributed by atoms with Gasteiger partial charge in [-0.2, -0.15) is 0 Å². The minimum absolute atomic E-state index is 0.0408. The first kappa shape index (κ1) is 13.3. The Morgan fingerprint density at radius 3 is 2.29 bits per heavy atom. The maximum absolute atomic E-state index is 12.0. The van der Waals surface area contributed by atoms with E-state index in [1.54, 1.807) is 12.1 Å². The maximum atomic E-state index is 12.0. The minimum atomic E-state index is -0.889. The summed E-state index contributed by atoms with van der Waals surface area (Å²) in [4.78, 5) is 44.6. The Kier molecular flexibility index (Phi) is 3.15. The molecule has 3 rings (SSSR count). The van der Waals surface area contributed by atoms with E-state index < -0.39 is 17.8 Å². The molecule has 0 N–H and O–H groups in total. The zero-order valence-corrected chi connectivity index (χ0v) is 11.2. The lowest BCUT2D eigenvalue weighted by molar-refractivity contribution is -0.0584. The lowest BCUT2D eigenvalue weighted by Gasteiger charge is -2.12. The van der Waals surface area contributed by atoms with Gasteiger partial charge in [-0.05, 0) is 18.2 Å². The highest BCUT2D eigenvalue weighted by Crippen LogP contribution is 2.23. The van der Waals surface area contributed by atoms with Gasteiger partial charge in [0.1, 0.15) is 0 Å². The van der Waals surface area contributed by atoms with Gasteiger partial charge >= 0.3 is 5.97 Å². The maximum Gasteiger partial charge on any atom is 0.365 e. The Hall–Kier alpha value is -2.73. The number of carbonyl (C=O) groups is 3. The summed E-state index contributed by atoms with van der Waals surface area (Å²) in [6, 6.07) is 7.55. The zero-order chi connectivity index (χ0) is 15.0. The third kappa shape index (κ3) is 2.25. The molecule has 2 heterocycles. The van der Waals surface area contributed by atoms with Crippen molar-refractivity contribution in [2.75, 3.05) is 0 Å². The van der Waals surface area contributed by atoms with Crippen LogP contribution in [-0.4, -0.2) is 27.8 Å². The van der Waals surface area contributed by atoms with Gasteiger partial charge in [-0.25, -0.2) is 4.79 Å². The molecule has 21 heavy (non-hydrogen) atoms. The van der Waals surface area contributed by atoms with Gasteiger partial charge < -0.3 is 4.84 Å². The van der Waals surface area contributed by atoms with Crippen LogP contribution >= 0.6 is 11.6 Å². The molecule has 0 atom stereocenters. The third-order valence-corrected chi connectivity index (χ3v) is 3.08. The van der Waals surface area contributed by atoms with E-state index in [4.69, 9.17) is 16.4 Å². The zero-order valence-electron chi connectivity index (χ0n) is 10.4. The number of hydrogen-bond acceptors (Lipinski definition) is 5. The normalized spacial score (nSPS) is 13.3. The molecule has 6 nitrogen and oxygen atoms in total. The van der Waals surface area contributed by atoms with Crippen LogP contribution in [0.5, 0.6) is 0 Å². The molecule has 1 aliphatic rings. The van der Waals surface area contributed by atoms with E-state index in [0.717, 1.165) is 0 Å². The fourth-order valence-electron chi connectivity index (χ4n) is 1.91. The van der Waals surface area contributed by atoms with Crippen LogP contribution in [0.1, 0.15) is 31.1 Å². The standard InChI is InChI=1S/C14H7ClN2O4/c15-9-5-8(6-16-7-9)14(20)21-17-12(18)10-3-1-2-4-11(10)13(17)19/h1-7H. The van der Waals surface area contributed by atoms with Crippen LogP contribution in [0, 0.1) is 0 Å². The van der Waals surface area contributed by atoms with Crippen molar-refractivity contribution in [3.8, 4) is 0 Å². The summed E-state index contributed by atoms with van der Waals surface area (Å²) in [7, 11) is 0. The predicted octanol–water partition coefficient (Wildman–Crippen LogP) is 2.10. The number of halogens is 1. The molecular weight excluding hydrogens is 296 g/mol. The monoisotopic (exact) mass is 302 g/mol. The molecular formula is C14H7ClN2O4. The van der Waals surface area contributed by atoms with Crippen LogP contribution in [-0.2, 0) is 4.84 Å². The van der Waals surface area contributed by atoms with Crippen LogP contribution < -0.4 is 0 Å². The largest absolute Gasteiger partial charge is 0.365 e. The highest BCUT2D eigenvalue weighted by molar-refractivity contribution is 6.30. The minimum Gasteiger partial charge on any atom is -0.324 e. The van der Waals surface area contributed by atoms with Crippen LogP contribution in [0.4, 0.5) is 0 Å². The molecule has 0 saturated carbocycles. The van der Waals surface area contributed by atoms with E-state index in [2.05, 4.69) is 4.98 Å². The summed E-state index contributed by atoms with van der Waals surface area (Å²) in [5.74, 6) is -2.25. The van der Waals surface area contributed by atoms with Crippen molar-refractivity contribution in [1.29, 1.82) is 0 Å². The van der Waals surface area contributed by atoms with Crippen molar-refractivity contribution in [3.63, 3.8) is 0 Å². The molecule has 0 fully saturated rings. The number of carbonyl (C=O) groups excluding carboxylic acids is 3. The molecule has 0 radical (unpaired) electrons. The fraction of sp³-hybridized carbons (Fsp3) is 0. The van der Waals surface area contributed by atoms with Crippen molar-refractivity contribution in [3.05, 3.63) is 64.4 Å². The Morgan fingerprint density at radius 2 is 1.71 bits per heavy atom. The number of hydrogen-bond donors (Lipinski definition) is 0. The second kappa shape index (κ2) is 4.99. The Bertz CT molecular complexity index is 740. The highest BCUT2D eigenvalue weighted by atomic mass is 35.5. The van der Waals surface area contributed by atoms with Crippen LogP contribution in [0.3, 0.4) is 0 Å². The number of rotatable bonds is 2. The first-order chi connectivity index (χ1) is 10.1. The van der Waals surface area contributed by atoms with Gasteiger partial charge in [-0.3, -0.25) is 14.6 Å². The van der Waals surface area contributed by atoms with E-state index in [1.165, 1.54) is 30.6 Å². The van der Waals surface area contributed by atoms with Crippen LogP contribution in [0.2, 0.25) is 5.02 Å². The van der Waals surface area contributed by atoms with Gasteiger partial charge in [0.2, 0.25) is 0 Å². The summed E-state index contributed by atoms with van der Waals surface area (Å²) in [5.41, 5.74) is 0.429. The summed E-state index contributed by atoms with van der Waals surface area (Å²) >= 11 is 5.72. The quantitative estimate of drug-likeness (QED) is 0.794. The smallest absolute Gasteiger partial charge is 0.324 e. The number of nitrogens with zero attached hydrogens (tertiary/aromatic N) is 2. The van der Waals surface area contributed by atoms with Gasteiger partial charge in [0, 0.05) is 12.4 Å². The average molecular weight is 303 g/mol. The van der Waals surface area contributed by atoms with Gasteiger partial charge in [0.25, 0.3) is 11.8 Å². The van der Waals surface area contributed by atoms with E-state index in [9.17, 15) is 14.4 Å². The van der Waals surface area contributed by atoms with E-state index in [-0.39, 0.29) is 21.7 Å². The first-order valence-electron chi connectivity index (χ1n) is 5.88. The van der Waals surface area contributed by atoms with E-state index in [1.807, 2.05) is 0 Å². The molecule has 1 aromatic heterocycles. The lowest BCUT2D eigenvalue weighted by atomic mass is 10.1. The number of aromatic nitrogens is 1. The van der Waals surface area contributed by atoms with Gasteiger partial charge in [0.15, 0.2) is 0 Å². The SMILES string of the molecule is O=C(ON1C(=O)c2ccccc2C1=O)c1cncc(Cl)c1. The Morgan fingerprint density at radius 1 is 1.10 bits per heavy atom. The second-order valence-corrected chi connectivity index (χ2v) is 4.66. The number of hydroxylamine groups is 2. The third-order valence-electron chi connectivity index (χ3n) is 2.87. The summed E-state index contributed by atoms with van der Waals surface area (Å²) in [6.07, 6.45) is 2.58. The second-order valence-electron chi connectivity index (χ2n) is 4.22. The van der Waals surface area contributed by atoms with Gasteiger partial charge in [-0.15, -0.1) is 0 Å². The van der Waals surface area contributed by atoms with Crippen molar-refractivity contribution in [2.24, 2.45) is 0 Å². The molecule has 0 aliphatic carbocycles. The molecule has 2 aromatic rings. The average Bonchev–Trinajstić information content (AvgIpc) is 2.73. The molecule has 1 aliphatic heterocycles. The highest BCUT2D eigenvalue weighted by Gasteiger charge is 2.38. The van der Waals surface area contributed by atoms with Crippen LogP contribution in [0.25, 0.3) is 0 Å². The predicted molar refractivity (Wildman–Crippen MR) is 71.6 cm³/mol. The molecule has 0 spiro atoms. The number of benzene rings is 1.